The number of fused-ring (bicyclic) bond motifs is 3. The van der Waals surface area contributed by atoms with Crippen molar-refractivity contribution in [2.45, 2.75) is 44.8 Å². The minimum absolute atomic E-state index is 0.226. The summed E-state index contributed by atoms with van der Waals surface area (Å²) in [6.45, 7) is 12.2. The van der Waals surface area contributed by atoms with E-state index in [2.05, 4.69) is 70.3 Å². The third kappa shape index (κ3) is 2.84. The molecule has 0 amide bonds. The number of rotatable bonds is 3. The molecule has 0 fully saturated rings. The molecule has 0 spiro atoms. The Labute approximate surface area is 140 Å². The molecule has 2 aromatic carbocycles. The molecule has 2 nitrogen and oxygen atoms in total. The van der Waals surface area contributed by atoms with Crippen LogP contribution in [0.25, 0.3) is 11.1 Å². The Morgan fingerprint density at radius 2 is 1.65 bits per heavy atom. The topological polar surface area (TPSA) is 35.2 Å². The maximum absolute atomic E-state index is 6.53. The van der Waals surface area contributed by atoms with Crippen molar-refractivity contribution in [3.05, 3.63) is 53.6 Å². The van der Waals surface area contributed by atoms with Gasteiger partial charge in [0.05, 0.1) is 0 Å². The van der Waals surface area contributed by atoms with Gasteiger partial charge >= 0.3 is 0 Å². The molecule has 0 saturated carbocycles. The molecule has 1 aliphatic rings. The van der Waals surface area contributed by atoms with Crippen LogP contribution in [0.4, 0.5) is 5.69 Å². The van der Waals surface area contributed by atoms with Gasteiger partial charge in [0.25, 0.3) is 0 Å². The Kier molecular flexibility index (Phi) is 3.89. The normalized spacial score (nSPS) is 17.0. The molecule has 2 N–H and O–H groups in total. The van der Waals surface area contributed by atoms with Gasteiger partial charge in [-0.2, -0.15) is 0 Å². The molecule has 1 aliphatic carbocycles. The van der Waals surface area contributed by atoms with E-state index >= 15 is 0 Å². The standard InChI is InChI=1S/C20H27NOSi/c1-20(2,3)23(4,5)22-13-19-16-9-7-6-8-15(16)17-11-10-14(21)12-18(17)19/h6-12,19H,13,21H2,1-5H3/t19-/m0/s1. The summed E-state index contributed by atoms with van der Waals surface area (Å²) in [5.74, 6) is 0.291. The van der Waals surface area contributed by atoms with Crippen LogP contribution >= 0.6 is 0 Å². The molecule has 0 saturated heterocycles. The lowest BCUT2D eigenvalue weighted by atomic mass is 9.98. The van der Waals surface area contributed by atoms with Crippen molar-refractivity contribution < 1.29 is 4.43 Å². The van der Waals surface area contributed by atoms with E-state index in [9.17, 15) is 0 Å². The highest BCUT2D eigenvalue weighted by Crippen LogP contribution is 2.46. The number of hydrogen-bond acceptors (Lipinski definition) is 2. The molecular formula is C20H27NOSi. The number of nitrogen functional groups attached to an aromatic ring is 1. The number of hydrogen-bond donors (Lipinski definition) is 1. The molecule has 23 heavy (non-hydrogen) atoms. The molecule has 0 heterocycles. The number of nitrogens with two attached hydrogens (primary N) is 1. The van der Waals surface area contributed by atoms with E-state index in [-0.39, 0.29) is 5.04 Å². The lowest BCUT2D eigenvalue weighted by molar-refractivity contribution is 0.277. The summed E-state index contributed by atoms with van der Waals surface area (Å²) in [5, 5.41) is 0.226. The fourth-order valence-electron chi connectivity index (χ4n) is 3.02. The molecule has 0 radical (unpaired) electrons. The zero-order chi connectivity index (χ0) is 16.8. The summed E-state index contributed by atoms with van der Waals surface area (Å²) in [7, 11) is -1.76. The van der Waals surface area contributed by atoms with Crippen molar-refractivity contribution in [2.24, 2.45) is 0 Å². The monoisotopic (exact) mass is 325 g/mol. The van der Waals surface area contributed by atoms with Gasteiger partial charge in [-0.3, -0.25) is 0 Å². The van der Waals surface area contributed by atoms with Gasteiger partial charge in [0.1, 0.15) is 0 Å². The van der Waals surface area contributed by atoms with Crippen LogP contribution in [0.5, 0.6) is 0 Å². The van der Waals surface area contributed by atoms with Crippen molar-refractivity contribution in [1.82, 2.24) is 0 Å². The quantitative estimate of drug-likeness (QED) is 0.605. The maximum Gasteiger partial charge on any atom is 0.192 e. The first kappa shape index (κ1) is 16.3. The Morgan fingerprint density at radius 3 is 2.35 bits per heavy atom. The third-order valence-electron chi connectivity index (χ3n) is 5.49. The number of anilines is 1. The summed E-state index contributed by atoms with van der Waals surface area (Å²) < 4.78 is 6.53. The second kappa shape index (κ2) is 5.50. The molecule has 2 aromatic rings. The Hall–Kier alpha value is -1.58. The second-order valence-corrected chi connectivity index (χ2v) is 12.9. The fraction of sp³-hybridized carbons (Fsp3) is 0.400. The van der Waals surface area contributed by atoms with Crippen LogP contribution in [-0.2, 0) is 4.43 Å². The van der Waals surface area contributed by atoms with Crippen LogP contribution in [-0.4, -0.2) is 14.9 Å². The van der Waals surface area contributed by atoms with Crippen molar-refractivity contribution in [1.29, 1.82) is 0 Å². The van der Waals surface area contributed by atoms with Gasteiger partial charge in [0.15, 0.2) is 8.32 Å². The van der Waals surface area contributed by atoms with Crippen molar-refractivity contribution in [2.75, 3.05) is 12.3 Å². The van der Waals surface area contributed by atoms with Crippen molar-refractivity contribution in [3.63, 3.8) is 0 Å². The highest BCUT2D eigenvalue weighted by Gasteiger charge is 2.39. The first-order chi connectivity index (χ1) is 10.7. The van der Waals surface area contributed by atoms with Gasteiger partial charge in [-0.15, -0.1) is 0 Å². The zero-order valence-corrected chi connectivity index (χ0v) is 15.8. The Bertz CT molecular complexity index is 731. The van der Waals surface area contributed by atoms with Crippen LogP contribution < -0.4 is 5.73 Å². The van der Waals surface area contributed by atoms with Crippen LogP contribution in [0.15, 0.2) is 42.5 Å². The third-order valence-corrected chi connectivity index (χ3v) is 10.00. The molecule has 0 bridgehead atoms. The predicted octanol–water partition coefficient (Wildman–Crippen LogP) is 5.40. The van der Waals surface area contributed by atoms with E-state index in [1.165, 1.54) is 22.3 Å². The molecule has 3 heteroatoms. The second-order valence-electron chi connectivity index (χ2n) is 8.06. The Morgan fingerprint density at radius 1 is 1.00 bits per heavy atom. The predicted molar refractivity (Wildman–Crippen MR) is 101 cm³/mol. The van der Waals surface area contributed by atoms with Gasteiger partial charge in [-0.05, 0) is 52.5 Å². The van der Waals surface area contributed by atoms with Crippen LogP contribution in [0.2, 0.25) is 18.1 Å². The van der Waals surface area contributed by atoms with E-state index < -0.39 is 8.32 Å². The van der Waals surface area contributed by atoms with Gasteiger partial charge in [0, 0.05) is 18.2 Å². The summed E-state index contributed by atoms with van der Waals surface area (Å²) in [5.41, 5.74) is 12.2. The van der Waals surface area contributed by atoms with Crippen LogP contribution in [0.1, 0.15) is 37.8 Å². The maximum atomic E-state index is 6.53. The van der Waals surface area contributed by atoms with Crippen molar-refractivity contribution >= 4 is 14.0 Å². The van der Waals surface area contributed by atoms with Crippen LogP contribution in [0, 0.1) is 0 Å². The highest BCUT2D eigenvalue weighted by molar-refractivity contribution is 6.74. The Balaban J connectivity index is 1.95. The minimum atomic E-state index is -1.76. The molecule has 3 rings (SSSR count). The molecule has 0 aliphatic heterocycles. The van der Waals surface area contributed by atoms with Gasteiger partial charge in [0.2, 0.25) is 0 Å². The molecule has 122 valence electrons. The summed E-state index contributed by atoms with van der Waals surface area (Å²) in [6, 6.07) is 14.9. The van der Waals surface area contributed by atoms with E-state index in [0.717, 1.165) is 12.3 Å². The van der Waals surface area contributed by atoms with Crippen molar-refractivity contribution in [3.8, 4) is 11.1 Å². The largest absolute Gasteiger partial charge is 0.416 e. The smallest absolute Gasteiger partial charge is 0.192 e. The molecule has 0 aromatic heterocycles. The van der Waals surface area contributed by atoms with Crippen LogP contribution in [0.3, 0.4) is 0 Å². The average Bonchev–Trinajstić information content (AvgIpc) is 2.77. The summed E-state index contributed by atoms with van der Waals surface area (Å²) in [4.78, 5) is 0. The average molecular weight is 326 g/mol. The minimum Gasteiger partial charge on any atom is -0.416 e. The highest BCUT2D eigenvalue weighted by atomic mass is 28.4. The number of benzene rings is 2. The van der Waals surface area contributed by atoms with E-state index in [0.29, 0.717) is 5.92 Å². The molecule has 1 atom stereocenters. The zero-order valence-electron chi connectivity index (χ0n) is 14.8. The lowest BCUT2D eigenvalue weighted by Crippen LogP contribution is -2.41. The fourth-order valence-corrected chi connectivity index (χ4v) is 4.03. The van der Waals surface area contributed by atoms with Gasteiger partial charge < -0.3 is 10.2 Å². The molecule has 0 unspecified atom stereocenters. The first-order valence-corrected chi connectivity index (χ1v) is 11.2. The molecular weight excluding hydrogens is 298 g/mol. The SMILES string of the molecule is CC(C)(C)[Si](C)(C)OC[C@H]1c2ccccc2-c2ccc(N)cc21. The summed E-state index contributed by atoms with van der Waals surface area (Å²) >= 11 is 0. The summed E-state index contributed by atoms with van der Waals surface area (Å²) in [6.07, 6.45) is 0. The van der Waals surface area contributed by atoms with E-state index in [1.54, 1.807) is 0 Å². The van der Waals surface area contributed by atoms with Gasteiger partial charge in [-0.1, -0.05) is 51.1 Å². The first-order valence-electron chi connectivity index (χ1n) is 8.33. The van der Waals surface area contributed by atoms with E-state index in [4.69, 9.17) is 10.2 Å². The lowest BCUT2D eigenvalue weighted by Gasteiger charge is -2.37. The van der Waals surface area contributed by atoms with E-state index in [1.807, 2.05) is 6.07 Å². The van der Waals surface area contributed by atoms with Gasteiger partial charge in [-0.25, -0.2) is 0 Å².